The minimum absolute atomic E-state index is 0.0413. The topological polar surface area (TPSA) is 47.6 Å². The molecule has 2 aromatic rings. The van der Waals surface area contributed by atoms with Crippen LogP contribution in [0.4, 0.5) is 0 Å². The predicted molar refractivity (Wildman–Crippen MR) is 84.4 cm³/mol. The molecule has 0 radical (unpaired) electrons. The molecule has 0 spiro atoms. The van der Waals surface area contributed by atoms with E-state index >= 15 is 0 Å². The first kappa shape index (κ1) is 14.7. The molecule has 0 aromatic heterocycles. The van der Waals surface area contributed by atoms with Crippen molar-refractivity contribution < 1.29 is 14.3 Å². The van der Waals surface area contributed by atoms with Gasteiger partial charge < -0.3 is 14.8 Å². The molecule has 5 heteroatoms. The summed E-state index contributed by atoms with van der Waals surface area (Å²) in [6.07, 6.45) is 0.750. The third kappa shape index (κ3) is 3.52. The molecule has 0 aliphatic carbocycles. The summed E-state index contributed by atoms with van der Waals surface area (Å²) in [6.45, 7) is 0.553. The molecule has 1 aliphatic heterocycles. The Hall–Kier alpha value is -2.20. The number of ether oxygens (including phenoxy) is 2. The summed E-state index contributed by atoms with van der Waals surface area (Å²) < 4.78 is 11.0. The van der Waals surface area contributed by atoms with Gasteiger partial charge in [0, 0.05) is 17.0 Å². The molecule has 4 nitrogen and oxygen atoms in total. The highest BCUT2D eigenvalue weighted by Gasteiger charge is 2.22. The Balaban J connectivity index is 1.59. The number of halogens is 1. The van der Waals surface area contributed by atoms with Gasteiger partial charge in [-0.2, -0.15) is 0 Å². The van der Waals surface area contributed by atoms with E-state index in [2.05, 4.69) is 5.32 Å². The summed E-state index contributed by atoms with van der Waals surface area (Å²) in [5, 5.41) is 3.56. The fourth-order valence-electron chi connectivity index (χ4n) is 2.43. The molecule has 1 atom stereocenters. The lowest BCUT2D eigenvalue weighted by Gasteiger charge is -2.26. The first-order valence-electron chi connectivity index (χ1n) is 7.12. The van der Waals surface area contributed by atoms with Crippen LogP contribution >= 0.6 is 11.6 Å². The van der Waals surface area contributed by atoms with Gasteiger partial charge in [-0.1, -0.05) is 35.9 Å². The number of nitrogens with one attached hydrogen (secondary N) is 1. The highest BCUT2D eigenvalue weighted by molar-refractivity contribution is 6.30. The van der Waals surface area contributed by atoms with E-state index in [0.29, 0.717) is 17.4 Å². The van der Waals surface area contributed by atoms with Crippen LogP contribution in [0, 0.1) is 0 Å². The maximum Gasteiger partial charge on any atom is 0.258 e. The van der Waals surface area contributed by atoms with E-state index in [1.165, 1.54) is 0 Å². The number of hydrogen-bond donors (Lipinski definition) is 1. The van der Waals surface area contributed by atoms with E-state index < -0.39 is 0 Å². The average Bonchev–Trinajstić information content (AvgIpc) is 2.53. The lowest BCUT2D eigenvalue weighted by molar-refractivity contribution is -0.124. The normalized spacial score (nSPS) is 16.3. The van der Waals surface area contributed by atoms with Crippen LogP contribution in [0.1, 0.15) is 18.0 Å². The third-order valence-electron chi connectivity index (χ3n) is 3.46. The highest BCUT2D eigenvalue weighted by Crippen LogP contribution is 2.31. The lowest BCUT2D eigenvalue weighted by Crippen LogP contribution is -2.35. The van der Waals surface area contributed by atoms with Crippen molar-refractivity contribution >= 4 is 17.5 Å². The summed E-state index contributed by atoms with van der Waals surface area (Å²) in [5.74, 6) is 1.24. The summed E-state index contributed by atoms with van der Waals surface area (Å²) in [4.78, 5) is 12.1. The number of rotatable bonds is 4. The van der Waals surface area contributed by atoms with Crippen molar-refractivity contribution in [3.63, 3.8) is 0 Å². The molecule has 0 fully saturated rings. The fraction of sp³-hybridized carbons (Fsp3) is 0.235. The van der Waals surface area contributed by atoms with E-state index in [9.17, 15) is 4.79 Å². The van der Waals surface area contributed by atoms with E-state index in [4.69, 9.17) is 21.1 Å². The van der Waals surface area contributed by atoms with Crippen LogP contribution in [0.15, 0.2) is 48.5 Å². The molecule has 3 rings (SSSR count). The summed E-state index contributed by atoms with van der Waals surface area (Å²) >= 11 is 5.88. The number of carbonyl (C=O) groups is 1. The number of fused-ring (bicyclic) bond motifs is 1. The van der Waals surface area contributed by atoms with Crippen LogP contribution in [0.25, 0.3) is 0 Å². The molecule has 1 heterocycles. The van der Waals surface area contributed by atoms with Gasteiger partial charge in [-0.25, -0.2) is 0 Å². The standard InChI is InChI=1S/C17H16ClNO3/c18-12-4-3-5-13(10-12)22-11-17(20)19-15-8-9-21-16-7-2-1-6-14(15)16/h1-7,10,15H,8-9,11H2,(H,19,20). The minimum atomic E-state index is -0.165. The van der Waals surface area contributed by atoms with Crippen LogP contribution in [-0.2, 0) is 4.79 Å². The van der Waals surface area contributed by atoms with Crippen LogP contribution in [0.5, 0.6) is 11.5 Å². The molecule has 1 unspecified atom stereocenters. The Morgan fingerprint density at radius 2 is 2.14 bits per heavy atom. The number of benzene rings is 2. The summed E-state index contributed by atoms with van der Waals surface area (Å²) in [6, 6.07) is 14.7. The SMILES string of the molecule is O=C(COc1cccc(Cl)c1)NC1CCOc2ccccc21. The molecule has 22 heavy (non-hydrogen) atoms. The Bertz CT molecular complexity index is 674. The zero-order valence-electron chi connectivity index (χ0n) is 11.9. The van der Waals surface area contributed by atoms with Gasteiger partial charge in [-0.05, 0) is 24.3 Å². The van der Waals surface area contributed by atoms with E-state index in [1.54, 1.807) is 24.3 Å². The van der Waals surface area contributed by atoms with Crippen LogP contribution < -0.4 is 14.8 Å². The van der Waals surface area contributed by atoms with Crippen LogP contribution in [-0.4, -0.2) is 19.1 Å². The van der Waals surface area contributed by atoms with Gasteiger partial charge in [0.15, 0.2) is 6.61 Å². The summed E-state index contributed by atoms with van der Waals surface area (Å²) in [7, 11) is 0. The second kappa shape index (κ2) is 6.71. The average molecular weight is 318 g/mol. The third-order valence-corrected chi connectivity index (χ3v) is 3.69. The molecule has 0 saturated heterocycles. The molecular weight excluding hydrogens is 302 g/mol. The van der Waals surface area contributed by atoms with Crippen LogP contribution in [0.2, 0.25) is 5.02 Å². The van der Waals surface area contributed by atoms with Gasteiger partial charge in [-0.3, -0.25) is 4.79 Å². The van der Waals surface area contributed by atoms with E-state index in [1.807, 2.05) is 24.3 Å². The Labute approximate surface area is 134 Å². The van der Waals surface area contributed by atoms with Gasteiger partial charge >= 0.3 is 0 Å². The Morgan fingerprint density at radius 1 is 1.27 bits per heavy atom. The smallest absolute Gasteiger partial charge is 0.258 e. The van der Waals surface area contributed by atoms with Crippen molar-refractivity contribution in [1.82, 2.24) is 5.32 Å². The second-order valence-electron chi connectivity index (χ2n) is 5.04. The number of amides is 1. The number of hydrogen-bond acceptors (Lipinski definition) is 3. The highest BCUT2D eigenvalue weighted by atomic mass is 35.5. The summed E-state index contributed by atoms with van der Waals surface area (Å²) in [5.41, 5.74) is 1.00. The van der Waals surface area contributed by atoms with E-state index in [0.717, 1.165) is 17.7 Å². The van der Waals surface area contributed by atoms with Crippen molar-refractivity contribution in [2.24, 2.45) is 0 Å². The zero-order valence-corrected chi connectivity index (χ0v) is 12.7. The first-order chi connectivity index (χ1) is 10.7. The minimum Gasteiger partial charge on any atom is -0.493 e. The molecule has 2 aromatic carbocycles. The molecule has 0 saturated carbocycles. The largest absolute Gasteiger partial charge is 0.493 e. The predicted octanol–water partition coefficient (Wildman–Crippen LogP) is 3.36. The first-order valence-corrected chi connectivity index (χ1v) is 7.49. The molecular formula is C17H16ClNO3. The van der Waals surface area contributed by atoms with Crippen molar-refractivity contribution in [2.45, 2.75) is 12.5 Å². The van der Waals surface area contributed by atoms with Crippen molar-refractivity contribution in [3.8, 4) is 11.5 Å². The number of carbonyl (C=O) groups excluding carboxylic acids is 1. The number of para-hydroxylation sites is 1. The maximum atomic E-state index is 12.1. The quantitative estimate of drug-likeness (QED) is 0.940. The van der Waals surface area contributed by atoms with Gasteiger partial charge in [0.25, 0.3) is 5.91 Å². The van der Waals surface area contributed by atoms with Crippen molar-refractivity contribution in [3.05, 3.63) is 59.1 Å². The molecule has 1 amide bonds. The fourth-order valence-corrected chi connectivity index (χ4v) is 2.61. The Morgan fingerprint density at radius 3 is 3.00 bits per heavy atom. The van der Waals surface area contributed by atoms with Gasteiger partial charge in [-0.15, -0.1) is 0 Å². The molecule has 114 valence electrons. The van der Waals surface area contributed by atoms with E-state index in [-0.39, 0.29) is 18.6 Å². The van der Waals surface area contributed by atoms with Gasteiger partial charge in [0.2, 0.25) is 0 Å². The van der Waals surface area contributed by atoms with Crippen LogP contribution in [0.3, 0.4) is 0 Å². The Kier molecular flexibility index (Phi) is 4.49. The van der Waals surface area contributed by atoms with Crippen molar-refractivity contribution in [1.29, 1.82) is 0 Å². The molecule has 1 aliphatic rings. The maximum absolute atomic E-state index is 12.1. The van der Waals surface area contributed by atoms with Gasteiger partial charge in [0.1, 0.15) is 11.5 Å². The van der Waals surface area contributed by atoms with Gasteiger partial charge in [0.05, 0.1) is 12.6 Å². The van der Waals surface area contributed by atoms with Crippen molar-refractivity contribution in [2.75, 3.05) is 13.2 Å². The lowest BCUT2D eigenvalue weighted by atomic mass is 10.0. The molecule has 1 N–H and O–H groups in total. The molecule has 0 bridgehead atoms. The second-order valence-corrected chi connectivity index (χ2v) is 5.48. The monoisotopic (exact) mass is 317 g/mol. The zero-order chi connectivity index (χ0) is 15.4.